The van der Waals surface area contributed by atoms with Crippen LogP contribution in [0.5, 0.6) is 17.2 Å². The maximum atomic E-state index is 13.1. The predicted octanol–water partition coefficient (Wildman–Crippen LogP) is 1.67. The Morgan fingerprint density at radius 2 is 1.54 bits per heavy atom. The number of amides is 3. The zero-order chi connectivity index (χ0) is 26.8. The lowest BCUT2D eigenvalue weighted by atomic mass is 10.1. The van der Waals surface area contributed by atoms with Crippen LogP contribution < -0.4 is 19.5 Å². The van der Waals surface area contributed by atoms with Crippen molar-refractivity contribution >= 4 is 17.9 Å². The van der Waals surface area contributed by atoms with Crippen LogP contribution in [0.1, 0.15) is 22.3 Å². The molecule has 1 fully saturated rings. The van der Waals surface area contributed by atoms with Crippen LogP contribution in [0.15, 0.2) is 42.5 Å². The van der Waals surface area contributed by atoms with Gasteiger partial charge in [-0.3, -0.25) is 9.59 Å². The number of carbonyl (C=O) groups excluding carboxylic acids is 3. The zero-order valence-electron chi connectivity index (χ0n) is 21.3. The highest BCUT2D eigenvalue weighted by Crippen LogP contribution is 2.38. The largest absolute Gasteiger partial charge is 0.493 e. The van der Waals surface area contributed by atoms with E-state index in [0.29, 0.717) is 25.3 Å². The molecule has 1 heterocycles. The number of nitrogens with zero attached hydrogens (tertiary/aromatic N) is 2. The molecule has 1 aliphatic rings. The van der Waals surface area contributed by atoms with Crippen molar-refractivity contribution in [3.05, 3.63) is 53.6 Å². The fourth-order valence-corrected chi connectivity index (χ4v) is 3.99. The normalized spacial score (nSPS) is 14.3. The molecule has 1 saturated heterocycles. The van der Waals surface area contributed by atoms with E-state index >= 15 is 0 Å². The first-order chi connectivity index (χ1) is 17.9. The molecule has 2 aromatic carbocycles. The van der Waals surface area contributed by atoms with Crippen molar-refractivity contribution < 1.29 is 38.4 Å². The van der Waals surface area contributed by atoms with E-state index in [4.69, 9.17) is 18.9 Å². The number of aliphatic hydroxyl groups excluding tert-OH is 1. The molecule has 1 aliphatic heterocycles. The van der Waals surface area contributed by atoms with Gasteiger partial charge in [-0.1, -0.05) is 30.3 Å². The summed E-state index contributed by atoms with van der Waals surface area (Å²) in [5.74, 6) is -0.139. The smallest absolute Gasteiger partial charge is 0.410 e. The minimum atomic E-state index is -1.16. The van der Waals surface area contributed by atoms with Crippen LogP contribution in [0.25, 0.3) is 0 Å². The Morgan fingerprint density at radius 1 is 0.919 bits per heavy atom. The molecule has 3 amide bonds. The summed E-state index contributed by atoms with van der Waals surface area (Å²) in [5.41, 5.74) is 1.06. The van der Waals surface area contributed by atoms with E-state index in [2.05, 4.69) is 5.32 Å². The molecular weight excluding hydrogens is 482 g/mol. The van der Waals surface area contributed by atoms with Gasteiger partial charge in [0.25, 0.3) is 5.91 Å². The number of benzene rings is 2. The molecule has 37 heavy (non-hydrogen) atoms. The van der Waals surface area contributed by atoms with E-state index in [-0.39, 0.29) is 36.8 Å². The molecule has 200 valence electrons. The number of aliphatic hydroxyl groups is 1. The second-order valence-electron chi connectivity index (χ2n) is 8.33. The van der Waals surface area contributed by atoms with E-state index < -0.39 is 30.6 Å². The highest BCUT2D eigenvalue weighted by Gasteiger charge is 2.29. The third kappa shape index (κ3) is 7.04. The Morgan fingerprint density at radius 3 is 2.14 bits per heavy atom. The van der Waals surface area contributed by atoms with Gasteiger partial charge in [-0.05, 0) is 24.1 Å². The molecule has 0 unspecified atom stereocenters. The van der Waals surface area contributed by atoms with Gasteiger partial charge in [0, 0.05) is 31.7 Å². The summed E-state index contributed by atoms with van der Waals surface area (Å²) in [5, 5.41) is 12.5. The number of carbonyl (C=O) groups is 3. The van der Waals surface area contributed by atoms with Crippen LogP contribution in [-0.4, -0.2) is 93.0 Å². The van der Waals surface area contributed by atoms with E-state index in [1.807, 2.05) is 30.3 Å². The monoisotopic (exact) mass is 515 g/mol. The maximum absolute atomic E-state index is 13.1. The summed E-state index contributed by atoms with van der Waals surface area (Å²) in [6, 6.07) is 11.1. The summed E-state index contributed by atoms with van der Waals surface area (Å²) in [7, 11) is 4.31. The molecule has 2 N–H and O–H groups in total. The van der Waals surface area contributed by atoms with Crippen molar-refractivity contribution in [3.8, 4) is 17.2 Å². The van der Waals surface area contributed by atoms with Crippen LogP contribution in [-0.2, 0) is 16.1 Å². The average Bonchev–Trinajstić information content (AvgIpc) is 3.20. The van der Waals surface area contributed by atoms with Crippen LogP contribution >= 0.6 is 0 Å². The van der Waals surface area contributed by atoms with Gasteiger partial charge in [0.15, 0.2) is 11.5 Å². The Labute approximate surface area is 215 Å². The van der Waals surface area contributed by atoms with Crippen molar-refractivity contribution in [1.82, 2.24) is 15.1 Å². The predicted molar refractivity (Wildman–Crippen MR) is 134 cm³/mol. The number of ether oxygens (including phenoxy) is 4. The molecule has 2 aromatic rings. The zero-order valence-corrected chi connectivity index (χ0v) is 21.3. The summed E-state index contributed by atoms with van der Waals surface area (Å²) >= 11 is 0. The number of hydrogen-bond donors (Lipinski definition) is 2. The quantitative estimate of drug-likeness (QED) is 0.517. The second kappa shape index (κ2) is 13.4. The van der Waals surface area contributed by atoms with Gasteiger partial charge >= 0.3 is 6.09 Å². The minimum Gasteiger partial charge on any atom is -0.493 e. The number of nitrogens with one attached hydrogen (secondary N) is 1. The Bertz CT molecular complexity index is 1050. The van der Waals surface area contributed by atoms with Crippen LogP contribution in [0.2, 0.25) is 0 Å². The van der Waals surface area contributed by atoms with Crippen LogP contribution in [0.4, 0.5) is 4.79 Å². The van der Waals surface area contributed by atoms with Gasteiger partial charge < -0.3 is 39.2 Å². The summed E-state index contributed by atoms with van der Waals surface area (Å²) < 4.78 is 21.2. The molecule has 0 saturated carbocycles. The summed E-state index contributed by atoms with van der Waals surface area (Å²) in [4.78, 5) is 41.7. The Balaban J connectivity index is 1.60. The SMILES string of the molecule is COc1cc(C(=O)N[C@@H](CO)C(=O)N2CCCN(C(=O)OCc3ccccc3)CC2)cc(OC)c1OC. The average molecular weight is 516 g/mol. The standard InChI is InChI=1S/C26H33N3O8/c1-34-21-14-19(15-22(35-2)23(21)36-3)24(31)27-20(16-30)25(32)28-10-7-11-29(13-12-28)26(33)37-17-18-8-5-4-6-9-18/h4-6,8-9,14-15,20,30H,7,10-13,16-17H2,1-3H3,(H,27,31)/t20-/m0/s1. The molecule has 0 aliphatic carbocycles. The number of hydrogen-bond acceptors (Lipinski definition) is 8. The summed E-state index contributed by atoms with van der Waals surface area (Å²) in [6.45, 7) is 0.900. The molecule has 3 rings (SSSR count). The van der Waals surface area contributed by atoms with E-state index in [0.717, 1.165) is 5.56 Å². The number of methoxy groups -OCH3 is 3. The van der Waals surface area contributed by atoms with E-state index in [1.165, 1.54) is 38.4 Å². The number of rotatable bonds is 9. The molecule has 0 aromatic heterocycles. The Hall–Kier alpha value is -3.99. The molecule has 11 nitrogen and oxygen atoms in total. The molecule has 11 heteroatoms. The topological polar surface area (TPSA) is 127 Å². The molecule has 0 spiro atoms. The minimum absolute atomic E-state index is 0.165. The highest BCUT2D eigenvalue weighted by molar-refractivity contribution is 5.98. The molecular formula is C26H33N3O8. The van der Waals surface area contributed by atoms with E-state index in [1.54, 1.807) is 4.90 Å². The first-order valence-corrected chi connectivity index (χ1v) is 11.9. The van der Waals surface area contributed by atoms with Gasteiger partial charge in [-0.2, -0.15) is 0 Å². The van der Waals surface area contributed by atoms with Crippen molar-refractivity contribution in [2.45, 2.75) is 19.1 Å². The molecule has 1 atom stereocenters. The maximum Gasteiger partial charge on any atom is 0.410 e. The van der Waals surface area contributed by atoms with Gasteiger partial charge in [0.2, 0.25) is 11.7 Å². The van der Waals surface area contributed by atoms with Gasteiger partial charge in [0.1, 0.15) is 12.6 Å². The lowest BCUT2D eigenvalue weighted by Crippen LogP contribution is -2.51. The van der Waals surface area contributed by atoms with Gasteiger partial charge in [-0.25, -0.2) is 4.79 Å². The van der Waals surface area contributed by atoms with Crippen molar-refractivity contribution in [1.29, 1.82) is 0 Å². The van der Waals surface area contributed by atoms with Crippen LogP contribution in [0, 0.1) is 0 Å². The second-order valence-corrected chi connectivity index (χ2v) is 8.33. The molecule has 0 radical (unpaired) electrons. The van der Waals surface area contributed by atoms with Crippen molar-refractivity contribution in [2.75, 3.05) is 54.1 Å². The third-order valence-corrected chi connectivity index (χ3v) is 5.98. The first-order valence-electron chi connectivity index (χ1n) is 11.9. The first kappa shape index (κ1) is 27.6. The fraction of sp³-hybridized carbons (Fsp3) is 0.423. The van der Waals surface area contributed by atoms with Crippen molar-refractivity contribution in [3.63, 3.8) is 0 Å². The van der Waals surface area contributed by atoms with E-state index in [9.17, 15) is 19.5 Å². The lowest BCUT2D eigenvalue weighted by Gasteiger charge is -2.26. The van der Waals surface area contributed by atoms with Crippen molar-refractivity contribution in [2.24, 2.45) is 0 Å². The van der Waals surface area contributed by atoms with Gasteiger partial charge in [0.05, 0.1) is 27.9 Å². The van der Waals surface area contributed by atoms with Crippen LogP contribution in [0.3, 0.4) is 0 Å². The highest BCUT2D eigenvalue weighted by atomic mass is 16.6. The third-order valence-electron chi connectivity index (χ3n) is 5.98. The fourth-order valence-electron chi connectivity index (χ4n) is 3.99. The lowest BCUT2D eigenvalue weighted by molar-refractivity contribution is -0.134. The Kier molecular flexibility index (Phi) is 9.96. The summed E-state index contributed by atoms with van der Waals surface area (Å²) in [6.07, 6.45) is 0.0816. The van der Waals surface area contributed by atoms with Gasteiger partial charge in [-0.15, -0.1) is 0 Å². The molecule has 0 bridgehead atoms.